The average molecular weight is 244 g/mol. The molecule has 1 fully saturated rings. The van der Waals surface area contributed by atoms with Crippen molar-refractivity contribution in [3.63, 3.8) is 0 Å². The highest BCUT2D eigenvalue weighted by molar-refractivity contribution is 4.92. The van der Waals surface area contributed by atoms with E-state index in [2.05, 4.69) is 24.3 Å². The lowest BCUT2D eigenvalue weighted by atomic mass is 9.80. The number of nitrogens with one attached hydrogen (secondary N) is 1. The molecule has 0 aromatic rings. The topological polar surface area (TPSA) is 33.7 Å². The lowest BCUT2D eigenvalue weighted by Crippen LogP contribution is -2.53. The van der Waals surface area contributed by atoms with Gasteiger partial charge < -0.3 is 19.7 Å². The van der Waals surface area contributed by atoms with Crippen molar-refractivity contribution < 1.29 is 9.47 Å². The van der Waals surface area contributed by atoms with Crippen LogP contribution in [0.25, 0.3) is 0 Å². The Balaban J connectivity index is 2.39. The van der Waals surface area contributed by atoms with E-state index in [9.17, 15) is 0 Å². The SMILES string of the molecule is COC(CNCC1(N(C)C)CCCCC1)OC. The number of methoxy groups -OCH3 is 2. The van der Waals surface area contributed by atoms with Crippen LogP contribution in [0, 0.1) is 0 Å². The Hall–Kier alpha value is -0.160. The van der Waals surface area contributed by atoms with Gasteiger partial charge in [0.05, 0.1) is 0 Å². The van der Waals surface area contributed by atoms with Crippen LogP contribution in [0.2, 0.25) is 0 Å². The first-order chi connectivity index (χ1) is 8.14. The molecule has 17 heavy (non-hydrogen) atoms. The smallest absolute Gasteiger partial charge is 0.169 e. The molecule has 0 bridgehead atoms. The summed E-state index contributed by atoms with van der Waals surface area (Å²) >= 11 is 0. The monoisotopic (exact) mass is 244 g/mol. The van der Waals surface area contributed by atoms with Gasteiger partial charge in [-0.3, -0.25) is 0 Å². The van der Waals surface area contributed by atoms with Gasteiger partial charge in [0.15, 0.2) is 6.29 Å². The van der Waals surface area contributed by atoms with Crippen LogP contribution in [0.3, 0.4) is 0 Å². The highest BCUT2D eigenvalue weighted by Crippen LogP contribution is 2.31. The standard InChI is InChI=1S/C13H28N2O2/c1-15(2)13(8-6-5-7-9-13)11-14-10-12(16-3)17-4/h12,14H,5-11H2,1-4H3. The van der Waals surface area contributed by atoms with Crippen molar-refractivity contribution in [3.8, 4) is 0 Å². The second kappa shape index (κ2) is 7.31. The van der Waals surface area contributed by atoms with E-state index in [1.54, 1.807) is 14.2 Å². The number of rotatable bonds is 7. The van der Waals surface area contributed by atoms with Crippen LogP contribution in [0.1, 0.15) is 32.1 Å². The molecule has 1 saturated carbocycles. The van der Waals surface area contributed by atoms with E-state index in [4.69, 9.17) is 9.47 Å². The first-order valence-electron chi connectivity index (χ1n) is 6.58. The molecule has 4 heteroatoms. The van der Waals surface area contributed by atoms with Crippen molar-refractivity contribution in [2.45, 2.75) is 43.9 Å². The van der Waals surface area contributed by atoms with Gasteiger partial charge in [-0.25, -0.2) is 0 Å². The molecule has 0 radical (unpaired) electrons. The normalized spacial score (nSPS) is 20.1. The molecule has 1 rings (SSSR count). The fourth-order valence-electron chi connectivity index (χ4n) is 2.68. The minimum Gasteiger partial charge on any atom is -0.355 e. The second-order valence-corrected chi connectivity index (χ2v) is 5.21. The molecule has 4 nitrogen and oxygen atoms in total. The highest BCUT2D eigenvalue weighted by atomic mass is 16.7. The maximum Gasteiger partial charge on any atom is 0.169 e. The molecule has 1 aliphatic rings. The quantitative estimate of drug-likeness (QED) is 0.688. The minimum absolute atomic E-state index is 0.141. The Kier molecular flexibility index (Phi) is 6.41. The number of likely N-dealkylation sites (N-methyl/N-ethyl adjacent to an activating group) is 1. The van der Waals surface area contributed by atoms with E-state index >= 15 is 0 Å². The van der Waals surface area contributed by atoms with Gasteiger partial charge >= 0.3 is 0 Å². The summed E-state index contributed by atoms with van der Waals surface area (Å²) in [5, 5.41) is 3.49. The Labute approximate surface area is 106 Å². The van der Waals surface area contributed by atoms with Gasteiger partial charge in [-0.2, -0.15) is 0 Å². The molecule has 0 spiro atoms. The largest absolute Gasteiger partial charge is 0.355 e. The molecule has 1 aliphatic carbocycles. The Bertz CT molecular complexity index is 200. The van der Waals surface area contributed by atoms with Crippen LogP contribution in [-0.4, -0.2) is 58.1 Å². The molecule has 0 amide bonds. The van der Waals surface area contributed by atoms with Crippen LogP contribution >= 0.6 is 0 Å². The second-order valence-electron chi connectivity index (χ2n) is 5.21. The number of nitrogens with zero attached hydrogens (tertiary/aromatic N) is 1. The lowest BCUT2D eigenvalue weighted by Gasteiger charge is -2.43. The summed E-state index contributed by atoms with van der Waals surface area (Å²) in [6.45, 7) is 1.77. The highest BCUT2D eigenvalue weighted by Gasteiger charge is 2.33. The lowest BCUT2D eigenvalue weighted by molar-refractivity contribution is -0.1000. The van der Waals surface area contributed by atoms with Gasteiger partial charge in [0, 0.05) is 32.8 Å². The molecule has 0 aliphatic heterocycles. The predicted molar refractivity (Wildman–Crippen MR) is 70.2 cm³/mol. The summed E-state index contributed by atoms with van der Waals surface area (Å²) in [6.07, 6.45) is 6.51. The maximum absolute atomic E-state index is 5.18. The molecule has 102 valence electrons. The fourth-order valence-corrected chi connectivity index (χ4v) is 2.68. The van der Waals surface area contributed by atoms with E-state index in [1.165, 1.54) is 32.1 Å². The summed E-state index contributed by atoms with van der Waals surface area (Å²) < 4.78 is 10.4. The number of hydrogen-bond donors (Lipinski definition) is 1. The zero-order chi connectivity index (χ0) is 12.7. The van der Waals surface area contributed by atoms with Crippen molar-refractivity contribution in [1.82, 2.24) is 10.2 Å². The van der Waals surface area contributed by atoms with Gasteiger partial charge in [0.1, 0.15) is 0 Å². The molecular weight excluding hydrogens is 216 g/mol. The summed E-state index contributed by atoms with van der Waals surface area (Å²) in [4.78, 5) is 2.38. The van der Waals surface area contributed by atoms with Gasteiger partial charge in [-0.15, -0.1) is 0 Å². The maximum atomic E-state index is 5.18. The third kappa shape index (κ3) is 4.21. The Morgan fingerprint density at radius 1 is 1.12 bits per heavy atom. The molecule has 0 atom stereocenters. The summed E-state index contributed by atoms with van der Waals surface area (Å²) in [6, 6.07) is 0. The molecule has 0 aromatic heterocycles. The van der Waals surface area contributed by atoms with Crippen molar-refractivity contribution >= 4 is 0 Å². The Morgan fingerprint density at radius 2 is 1.71 bits per heavy atom. The van der Waals surface area contributed by atoms with E-state index in [0.29, 0.717) is 5.54 Å². The van der Waals surface area contributed by atoms with Crippen LogP contribution in [0.5, 0.6) is 0 Å². The van der Waals surface area contributed by atoms with Crippen LogP contribution in [0.4, 0.5) is 0 Å². The van der Waals surface area contributed by atoms with Gasteiger partial charge in [-0.1, -0.05) is 19.3 Å². The van der Waals surface area contributed by atoms with Gasteiger partial charge in [-0.05, 0) is 26.9 Å². The van der Waals surface area contributed by atoms with E-state index < -0.39 is 0 Å². The van der Waals surface area contributed by atoms with Crippen LogP contribution in [0.15, 0.2) is 0 Å². The number of hydrogen-bond acceptors (Lipinski definition) is 4. The van der Waals surface area contributed by atoms with Crippen molar-refractivity contribution in [1.29, 1.82) is 0 Å². The summed E-state index contributed by atoms with van der Waals surface area (Å²) in [5.41, 5.74) is 0.324. The molecule has 0 unspecified atom stereocenters. The van der Waals surface area contributed by atoms with Gasteiger partial charge in [0.25, 0.3) is 0 Å². The molecular formula is C13H28N2O2. The van der Waals surface area contributed by atoms with E-state index in [0.717, 1.165) is 13.1 Å². The van der Waals surface area contributed by atoms with E-state index in [-0.39, 0.29) is 6.29 Å². The van der Waals surface area contributed by atoms with Crippen molar-refractivity contribution in [3.05, 3.63) is 0 Å². The Morgan fingerprint density at radius 3 is 2.18 bits per heavy atom. The first kappa shape index (κ1) is 14.9. The fraction of sp³-hybridized carbons (Fsp3) is 1.00. The number of ether oxygens (including phenoxy) is 2. The predicted octanol–water partition coefficient (Wildman–Crippen LogP) is 1.46. The average Bonchev–Trinajstić information content (AvgIpc) is 2.35. The third-order valence-corrected chi connectivity index (χ3v) is 4.02. The zero-order valence-electron chi connectivity index (χ0n) is 11.8. The van der Waals surface area contributed by atoms with E-state index in [1.807, 2.05) is 0 Å². The summed E-state index contributed by atoms with van der Waals surface area (Å²) in [7, 11) is 7.74. The first-order valence-corrected chi connectivity index (χ1v) is 6.58. The van der Waals surface area contributed by atoms with Crippen LogP contribution in [-0.2, 0) is 9.47 Å². The summed E-state index contributed by atoms with van der Waals surface area (Å²) in [5.74, 6) is 0. The molecule has 1 N–H and O–H groups in total. The molecule has 0 aromatic carbocycles. The van der Waals surface area contributed by atoms with Gasteiger partial charge in [0.2, 0.25) is 0 Å². The molecule has 0 heterocycles. The zero-order valence-corrected chi connectivity index (χ0v) is 11.8. The third-order valence-electron chi connectivity index (χ3n) is 4.02. The van der Waals surface area contributed by atoms with Crippen LogP contribution < -0.4 is 5.32 Å². The van der Waals surface area contributed by atoms with Crippen molar-refractivity contribution in [2.24, 2.45) is 0 Å². The van der Waals surface area contributed by atoms with Crippen molar-refractivity contribution in [2.75, 3.05) is 41.4 Å². The molecule has 0 saturated heterocycles. The minimum atomic E-state index is -0.141.